The summed E-state index contributed by atoms with van der Waals surface area (Å²) in [5.74, 6) is 0.346. The molecule has 0 heterocycles. The van der Waals surface area contributed by atoms with Gasteiger partial charge >= 0.3 is 7.82 Å². The van der Waals surface area contributed by atoms with Gasteiger partial charge in [-0.05, 0) is 6.42 Å². The fraction of sp³-hybridized carbons (Fsp3) is 1.00. The van der Waals surface area contributed by atoms with Crippen LogP contribution in [0.1, 0.15) is 6.42 Å². The molecule has 0 aromatic carbocycles. The second kappa shape index (κ2) is 5.94. The lowest BCUT2D eigenvalue weighted by Crippen LogP contribution is -1.98. The normalized spacial score (nSPS) is 16.3. The van der Waals surface area contributed by atoms with E-state index >= 15 is 0 Å². The van der Waals surface area contributed by atoms with E-state index in [2.05, 4.69) is 9.05 Å². The molecular weight excluding hydrogens is 194 g/mol. The summed E-state index contributed by atoms with van der Waals surface area (Å²) >= 11 is 5.27. The number of hydrogen-bond acceptors (Lipinski definition) is 4. The molecule has 68 valence electrons. The van der Waals surface area contributed by atoms with Gasteiger partial charge in [-0.25, -0.2) is 4.57 Å². The van der Waals surface area contributed by atoms with E-state index in [1.54, 1.807) is 0 Å². The first-order valence-corrected chi connectivity index (χ1v) is 4.94. The molecule has 0 aromatic heterocycles. The quantitative estimate of drug-likeness (QED) is 0.288. The summed E-state index contributed by atoms with van der Waals surface area (Å²) in [5.41, 5.74) is 0. The maximum atomic E-state index is 10.6. The molecule has 0 radical (unpaired) electrons. The topological polar surface area (TPSA) is 76.0 Å². The van der Waals surface area contributed by atoms with E-state index in [4.69, 9.17) is 21.6 Å². The minimum Gasteiger partial charge on any atom is -0.370 e. The van der Waals surface area contributed by atoms with E-state index < -0.39 is 14.6 Å². The Morgan fingerprint density at radius 2 is 2.09 bits per heavy atom. The Hall–Kier alpha value is 0.360. The molecule has 7 heteroatoms. The molecule has 1 unspecified atom stereocenters. The molecule has 0 amide bonds. The summed E-state index contributed by atoms with van der Waals surface area (Å²) in [7, 11) is -4.03. The van der Waals surface area contributed by atoms with Crippen molar-refractivity contribution in [2.45, 2.75) is 6.42 Å². The summed E-state index contributed by atoms with van der Waals surface area (Å²) < 4.78 is 18.9. The van der Waals surface area contributed by atoms with E-state index in [9.17, 15) is 4.57 Å². The molecule has 0 aliphatic rings. The van der Waals surface area contributed by atoms with Crippen LogP contribution in [0.5, 0.6) is 0 Å². The van der Waals surface area contributed by atoms with E-state index in [-0.39, 0.29) is 6.61 Å². The van der Waals surface area contributed by atoms with E-state index in [1.165, 1.54) is 0 Å². The lowest BCUT2D eigenvalue weighted by molar-refractivity contribution is 0.0522. The smallest absolute Gasteiger partial charge is 0.370 e. The van der Waals surface area contributed by atoms with Crippen LogP contribution in [0.15, 0.2) is 0 Å². The molecule has 2 N–H and O–H groups in total. The van der Waals surface area contributed by atoms with Crippen molar-refractivity contribution < 1.29 is 23.6 Å². The fourth-order valence-corrected chi connectivity index (χ4v) is 1.03. The van der Waals surface area contributed by atoms with Gasteiger partial charge in [0.25, 0.3) is 0 Å². The summed E-state index contributed by atoms with van der Waals surface area (Å²) in [6.07, 6.45) is 0.459. The lowest BCUT2D eigenvalue weighted by Gasteiger charge is -2.08. The molecule has 0 aliphatic heterocycles. The third kappa shape index (κ3) is 6.75. The highest BCUT2D eigenvalue weighted by molar-refractivity contribution is 7.47. The van der Waals surface area contributed by atoms with Crippen molar-refractivity contribution in [2.24, 2.45) is 0 Å². The molecule has 0 saturated carbocycles. The fourth-order valence-electron chi connectivity index (χ4n) is 0.345. The zero-order valence-corrected chi connectivity index (χ0v) is 7.42. The predicted octanol–water partition coefficient (Wildman–Crippen LogP) is 0.699. The summed E-state index contributed by atoms with van der Waals surface area (Å²) in [6, 6.07) is 0. The highest BCUT2D eigenvalue weighted by Gasteiger charge is 2.19. The molecule has 11 heavy (non-hydrogen) atoms. The lowest BCUT2D eigenvalue weighted by atomic mass is 10.5. The van der Waals surface area contributed by atoms with E-state index in [0.29, 0.717) is 12.3 Å². The van der Waals surface area contributed by atoms with Gasteiger partial charge < -0.3 is 10.00 Å². The molecule has 0 aliphatic carbocycles. The zero-order chi connectivity index (χ0) is 8.74. The van der Waals surface area contributed by atoms with Gasteiger partial charge in [-0.1, -0.05) is 0 Å². The number of aliphatic hydroxyl groups is 1. The number of halogens is 1. The first-order chi connectivity index (χ1) is 5.12. The van der Waals surface area contributed by atoms with Crippen LogP contribution in [0.25, 0.3) is 0 Å². The SMILES string of the molecule is O=P(O)(OCO)OCCCCl. The van der Waals surface area contributed by atoms with Crippen LogP contribution in [-0.4, -0.2) is 29.3 Å². The molecule has 0 saturated heterocycles. The van der Waals surface area contributed by atoms with Crippen molar-refractivity contribution in [3.63, 3.8) is 0 Å². The monoisotopic (exact) mass is 204 g/mol. The Balaban J connectivity index is 3.47. The van der Waals surface area contributed by atoms with Gasteiger partial charge in [-0.3, -0.25) is 9.05 Å². The molecule has 1 atom stereocenters. The molecule has 0 fully saturated rings. The highest BCUT2D eigenvalue weighted by atomic mass is 35.5. The Morgan fingerprint density at radius 3 is 2.55 bits per heavy atom. The van der Waals surface area contributed by atoms with Gasteiger partial charge in [0.15, 0.2) is 6.79 Å². The molecule has 0 bridgehead atoms. The largest absolute Gasteiger partial charge is 0.474 e. The molecule has 0 spiro atoms. The predicted molar refractivity (Wildman–Crippen MR) is 39.3 cm³/mol. The van der Waals surface area contributed by atoms with Crippen molar-refractivity contribution in [3.05, 3.63) is 0 Å². The minimum atomic E-state index is -4.03. The Kier molecular flexibility index (Phi) is 6.14. The van der Waals surface area contributed by atoms with Crippen molar-refractivity contribution in [1.82, 2.24) is 0 Å². The number of rotatable bonds is 6. The van der Waals surface area contributed by atoms with Crippen molar-refractivity contribution in [2.75, 3.05) is 19.3 Å². The summed E-state index contributed by atoms with van der Waals surface area (Å²) in [6.45, 7) is -0.800. The Labute approximate surface area is 69.5 Å². The standard InChI is InChI=1S/C4H10ClO5P/c5-2-1-3-9-11(7,8)10-4-6/h6H,1-4H2,(H,7,8). The van der Waals surface area contributed by atoms with Crippen LogP contribution in [-0.2, 0) is 13.6 Å². The van der Waals surface area contributed by atoms with Gasteiger partial charge in [-0.15, -0.1) is 11.6 Å². The second-order valence-electron chi connectivity index (χ2n) is 1.60. The van der Waals surface area contributed by atoms with Gasteiger partial charge in [0.2, 0.25) is 0 Å². The zero-order valence-electron chi connectivity index (χ0n) is 5.77. The number of phosphoric acid groups is 1. The van der Waals surface area contributed by atoms with E-state index in [0.717, 1.165) is 0 Å². The molecule has 0 rings (SSSR count). The number of aliphatic hydroxyl groups excluding tert-OH is 1. The highest BCUT2D eigenvalue weighted by Crippen LogP contribution is 2.42. The molecule has 5 nitrogen and oxygen atoms in total. The van der Waals surface area contributed by atoms with Crippen LogP contribution >= 0.6 is 19.4 Å². The van der Waals surface area contributed by atoms with Gasteiger partial charge in [-0.2, -0.15) is 0 Å². The third-order valence-electron chi connectivity index (χ3n) is 0.753. The van der Waals surface area contributed by atoms with Crippen LogP contribution in [0, 0.1) is 0 Å². The molecule has 0 aromatic rings. The number of phosphoric ester groups is 1. The first-order valence-electron chi connectivity index (χ1n) is 2.91. The average molecular weight is 205 g/mol. The van der Waals surface area contributed by atoms with Crippen molar-refractivity contribution in [3.8, 4) is 0 Å². The van der Waals surface area contributed by atoms with Crippen LogP contribution in [0.4, 0.5) is 0 Å². The average Bonchev–Trinajstić information content (AvgIpc) is 1.87. The van der Waals surface area contributed by atoms with Gasteiger partial charge in [0.05, 0.1) is 6.61 Å². The second-order valence-corrected chi connectivity index (χ2v) is 3.43. The third-order valence-corrected chi connectivity index (χ3v) is 1.97. The van der Waals surface area contributed by atoms with Gasteiger partial charge in [0.1, 0.15) is 0 Å². The Morgan fingerprint density at radius 1 is 1.45 bits per heavy atom. The maximum Gasteiger partial charge on any atom is 0.474 e. The molecular formula is C4H10ClO5P. The summed E-state index contributed by atoms with van der Waals surface area (Å²) in [5, 5.41) is 8.10. The maximum absolute atomic E-state index is 10.6. The summed E-state index contributed by atoms with van der Waals surface area (Å²) in [4.78, 5) is 8.65. The van der Waals surface area contributed by atoms with Crippen LogP contribution in [0.3, 0.4) is 0 Å². The van der Waals surface area contributed by atoms with E-state index in [1.807, 2.05) is 0 Å². The van der Waals surface area contributed by atoms with Crippen molar-refractivity contribution in [1.29, 1.82) is 0 Å². The van der Waals surface area contributed by atoms with Crippen LogP contribution < -0.4 is 0 Å². The van der Waals surface area contributed by atoms with Gasteiger partial charge in [0, 0.05) is 5.88 Å². The number of alkyl halides is 1. The number of hydrogen-bond donors (Lipinski definition) is 2. The first kappa shape index (κ1) is 11.4. The van der Waals surface area contributed by atoms with Crippen LogP contribution in [0.2, 0.25) is 0 Å². The van der Waals surface area contributed by atoms with Crippen molar-refractivity contribution >= 4 is 19.4 Å². The minimum absolute atomic E-state index is 0.0390. The Bertz CT molecular complexity index is 140.